The predicted molar refractivity (Wildman–Crippen MR) is 109 cm³/mol. The lowest BCUT2D eigenvalue weighted by atomic mass is 10.3. The Balaban J connectivity index is 1.77. The van der Waals surface area contributed by atoms with Crippen LogP contribution in [0.4, 0.5) is 23.0 Å². The summed E-state index contributed by atoms with van der Waals surface area (Å²) in [4.78, 5) is 8.56. The number of anilines is 4. The summed E-state index contributed by atoms with van der Waals surface area (Å²) in [6.45, 7) is 2.52. The molecule has 0 atom stereocenters. The maximum absolute atomic E-state index is 12.0. The van der Waals surface area contributed by atoms with Crippen LogP contribution in [0, 0.1) is 0 Å². The molecule has 0 amide bonds. The van der Waals surface area contributed by atoms with Crippen molar-refractivity contribution >= 4 is 33.0 Å². The molecule has 0 spiro atoms. The maximum atomic E-state index is 12.0. The van der Waals surface area contributed by atoms with Gasteiger partial charge in [-0.3, -0.25) is 0 Å². The smallest absolute Gasteiger partial charge is 0.240 e. The summed E-state index contributed by atoms with van der Waals surface area (Å²) in [5.41, 5.74) is 1.43. The van der Waals surface area contributed by atoms with E-state index in [2.05, 4.69) is 25.3 Å². The van der Waals surface area contributed by atoms with Crippen molar-refractivity contribution in [3.05, 3.63) is 60.9 Å². The fraction of sp³-hybridized carbons (Fsp3) is 0.158. The lowest BCUT2D eigenvalue weighted by Gasteiger charge is -2.11. The van der Waals surface area contributed by atoms with Gasteiger partial charge in [0.1, 0.15) is 23.7 Å². The number of hydrogen-bond acceptors (Lipinski definition) is 7. The molecule has 3 rings (SSSR count). The normalized spacial score (nSPS) is 11.1. The lowest BCUT2D eigenvalue weighted by Crippen LogP contribution is -2.18. The van der Waals surface area contributed by atoms with E-state index in [1.54, 1.807) is 18.2 Å². The van der Waals surface area contributed by atoms with E-state index in [4.69, 9.17) is 4.74 Å². The zero-order chi connectivity index (χ0) is 20.0. The van der Waals surface area contributed by atoms with Crippen molar-refractivity contribution in [1.82, 2.24) is 14.7 Å². The van der Waals surface area contributed by atoms with E-state index in [1.165, 1.54) is 25.5 Å². The SMILES string of the molecule is CCOc1cccc(Nc2cc(Nc3cccc(S(=O)(=O)NC)c3)ncn2)c1. The quantitative estimate of drug-likeness (QED) is 0.534. The summed E-state index contributed by atoms with van der Waals surface area (Å²) in [6.07, 6.45) is 1.42. The molecular formula is C19H21N5O3S. The molecule has 0 aliphatic heterocycles. The second kappa shape index (κ2) is 8.68. The minimum Gasteiger partial charge on any atom is -0.494 e. The molecule has 0 aliphatic rings. The molecule has 0 fully saturated rings. The van der Waals surface area contributed by atoms with Gasteiger partial charge in [-0.1, -0.05) is 12.1 Å². The Kier molecular flexibility index (Phi) is 6.07. The molecule has 0 unspecified atom stereocenters. The molecule has 146 valence electrons. The molecule has 28 heavy (non-hydrogen) atoms. The fourth-order valence-corrected chi connectivity index (χ4v) is 3.25. The first kappa shape index (κ1) is 19.6. The minimum absolute atomic E-state index is 0.167. The first-order valence-electron chi connectivity index (χ1n) is 8.63. The highest BCUT2D eigenvalue weighted by molar-refractivity contribution is 7.89. The van der Waals surface area contributed by atoms with E-state index in [9.17, 15) is 8.42 Å². The second-order valence-electron chi connectivity index (χ2n) is 5.73. The largest absolute Gasteiger partial charge is 0.494 e. The molecule has 9 heteroatoms. The van der Waals surface area contributed by atoms with Crippen LogP contribution in [0.3, 0.4) is 0 Å². The van der Waals surface area contributed by atoms with Gasteiger partial charge in [-0.25, -0.2) is 23.1 Å². The first-order chi connectivity index (χ1) is 13.5. The van der Waals surface area contributed by atoms with Crippen LogP contribution in [0.15, 0.2) is 65.8 Å². The molecule has 0 bridgehead atoms. The van der Waals surface area contributed by atoms with E-state index >= 15 is 0 Å². The average Bonchev–Trinajstić information content (AvgIpc) is 2.69. The summed E-state index contributed by atoms with van der Waals surface area (Å²) in [5, 5.41) is 6.29. The summed E-state index contributed by atoms with van der Waals surface area (Å²) < 4.78 is 31.7. The maximum Gasteiger partial charge on any atom is 0.240 e. The van der Waals surface area contributed by atoms with Gasteiger partial charge in [0.25, 0.3) is 0 Å². The summed E-state index contributed by atoms with van der Waals surface area (Å²) in [7, 11) is -2.14. The van der Waals surface area contributed by atoms with Gasteiger partial charge in [0, 0.05) is 23.5 Å². The summed E-state index contributed by atoms with van der Waals surface area (Å²) >= 11 is 0. The number of hydrogen-bond donors (Lipinski definition) is 3. The van der Waals surface area contributed by atoms with Crippen molar-refractivity contribution < 1.29 is 13.2 Å². The van der Waals surface area contributed by atoms with Crippen LogP contribution < -0.4 is 20.1 Å². The third-order valence-electron chi connectivity index (χ3n) is 3.77. The van der Waals surface area contributed by atoms with Crippen molar-refractivity contribution in [3.63, 3.8) is 0 Å². The van der Waals surface area contributed by atoms with Crippen LogP contribution in [0.1, 0.15) is 6.92 Å². The molecule has 1 heterocycles. The minimum atomic E-state index is -3.52. The molecule has 0 aliphatic carbocycles. The lowest BCUT2D eigenvalue weighted by molar-refractivity contribution is 0.340. The first-order valence-corrected chi connectivity index (χ1v) is 10.1. The zero-order valence-corrected chi connectivity index (χ0v) is 16.3. The van der Waals surface area contributed by atoms with Crippen molar-refractivity contribution in [2.24, 2.45) is 0 Å². The Morgan fingerprint density at radius 2 is 1.57 bits per heavy atom. The highest BCUT2D eigenvalue weighted by atomic mass is 32.2. The molecule has 0 saturated carbocycles. The van der Waals surface area contributed by atoms with Crippen LogP contribution >= 0.6 is 0 Å². The molecule has 3 N–H and O–H groups in total. The van der Waals surface area contributed by atoms with Gasteiger partial charge in [0.05, 0.1) is 11.5 Å². The van der Waals surface area contributed by atoms with Crippen molar-refractivity contribution in [3.8, 4) is 5.75 Å². The standard InChI is InChI=1S/C19H21N5O3S/c1-3-27-16-8-4-6-14(10-16)23-18-12-19(22-13-21-18)24-15-7-5-9-17(11-15)28(25,26)20-2/h4-13,20H,3H2,1-2H3,(H2,21,22,23,24). The van der Waals surface area contributed by atoms with Gasteiger partial charge in [-0.05, 0) is 44.3 Å². The van der Waals surface area contributed by atoms with Crippen molar-refractivity contribution in [2.75, 3.05) is 24.3 Å². The highest BCUT2D eigenvalue weighted by Gasteiger charge is 2.11. The number of benzene rings is 2. The molecule has 1 aromatic heterocycles. The molecule has 2 aromatic carbocycles. The van der Waals surface area contributed by atoms with E-state index in [-0.39, 0.29) is 4.90 Å². The number of aromatic nitrogens is 2. The van der Waals surface area contributed by atoms with Gasteiger partial charge >= 0.3 is 0 Å². The summed E-state index contributed by atoms with van der Waals surface area (Å²) in [5.74, 6) is 1.88. The molecule has 8 nitrogen and oxygen atoms in total. The predicted octanol–water partition coefficient (Wildman–Crippen LogP) is 3.27. The number of rotatable bonds is 8. The van der Waals surface area contributed by atoms with E-state index in [0.29, 0.717) is 23.9 Å². The third-order valence-corrected chi connectivity index (χ3v) is 5.18. The molecule has 0 radical (unpaired) electrons. The van der Waals surface area contributed by atoms with Crippen molar-refractivity contribution in [2.45, 2.75) is 11.8 Å². The number of sulfonamides is 1. The molecule has 3 aromatic rings. The topological polar surface area (TPSA) is 105 Å². The monoisotopic (exact) mass is 399 g/mol. The highest BCUT2D eigenvalue weighted by Crippen LogP contribution is 2.23. The van der Waals surface area contributed by atoms with Crippen LogP contribution in [0.5, 0.6) is 5.75 Å². The molecular weight excluding hydrogens is 378 g/mol. The Hall–Kier alpha value is -3.17. The second-order valence-corrected chi connectivity index (χ2v) is 7.62. The number of nitrogens with one attached hydrogen (secondary N) is 3. The van der Waals surface area contributed by atoms with E-state index in [0.717, 1.165) is 11.4 Å². The molecule has 0 saturated heterocycles. The number of ether oxygens (including phenoxy) is 1. The van der Waals surface area contributed by atoms with E-state index < -0.39 is 10.0 Å². The van der Waals surface area contributed by atoms with Gasteiger partial charge in [0.2, 0.25) is 10.0 Å². The van der Waals surface area contributed by atoms with Crippen molar-refractivity contribution in [1.29, 1.82) is 0 Å². The van der Waals surface area contributed by atoms with Crippen LogP contribution in [0.2, 0.25) is 0 Å². The zero-order valence-electron chi connectivity index (χ0n) is 15.5. The summed E-state index contributed by atoms with van der Waals surface area (Å²) in [6, 6.07) is 15.8. The van der Waals surface area contributed by atoms with Crippen LogP contribution in [0.25, 0.3) is 0 Å². The van der Waals surface area contributed by atoms with Gasteiger partial charge in [0.15, 0.2) is 0 Å². The van der Waals surface area contributed by atoms with Gasteiger partial charge < -0.3 is 15.4 Å². The Labute approximate surface area is 164 Å². The Morgan fingerprint density at radius 3 is 2.21 bits per heavy atom. The Morgan fingerprint density at radius 1 is 0.929 bits per heavy atom. The number of nitrogens with zero attached hydrogens (tertiary/aromatic N) is 2. The van der Waals surface area contributed by atoms with Gasteiger partial charge in [-0.2, -0.15) is 0 Å². The van der Waals surface area contributed by atoms with Crippen LogP contribution in [-0.4, -0.2) is 32.0 Å². The van der Waals surface area contributed by atoms with Gasteiger partial charge in [-0.15, -0.1) is 0 Å². The fourth-order valence-electron chi connectivity index (χ4n) is 2.48. The third kappa shape index (κ3) is 4.96. The average molecular weight is 399 g/mol. The Bertz CT molecular complexity index is 1060. The van der Waals surface area contributed by atoms with Crippen LogP contribution in [-0.2, 0) is 10.0 Å². The van der Waals surface area contributed by atoms with E-state index in [1.807, 2.05) is 31.2 Å².